The third-order valence-corrected chi connectivity index (χ3v) is 4.25. The van der Waals surface area contributed by atoms with Crippen LogP contribution >= 0.6 is 0 Å². The van der Waals surface area contributed by atoms with Gasteiger partial charge in [0.25, 0.3) is 5.69 Å². The standard InChI is InChI=1S/C15H15N3O4/c1-15(14(19)20)6-8-17(9-15)13-11-3-2-4-12(18(21)22)10(11)5-7-16-13/h2-5,7H,6,8-9H2,1H3,(H,19,20). The molecule has 3 rings (SSSR count). The number of aliphatic carboxylic acids is 1. The molecule has 1 aromatic heterocycles. The minimum atomic E-state index is -0.832. The van der Waals surface area contributed by atoms with Crippen LogP contribution in [0.5, 0.6) is 0 Å². The minimum Gasteiger partial charge on any atom is -0.481 e. The summed E-state index contributed by atoms with van der Waals surface area (Å²) in [4.78, 5) is 28.3. The lowest BCUT2D eigenvalue weighted by Crippen LogP contribution is -2.32. The molecule has 0 bridgehead atoms. The Morgan fingerprint density at radius 1 is 1.41 bits per heavy atom. The first-order chi connectivity index (χ1) is 10.4. The monoisotopic (exact) mass is 301 g/mol. The number of rotatable bonds is 3. The van der Waals surface area contributed by atoms with E-state index in [0.29, 0.717) is 36.1 Å². The van der Waals surface area contributed by atoms with Gasteiger partial charge in [-0.1, -0.05) is 12.1 Å². The number of pyridine rings is 1. The fourth-order valence-electron chi connectivity index (χ4n) is 2.90. The van der Waals surface area contributed by atoms with E-state index in [1.165, 1.54) is 12.3 Å². The van der Waals surface area contributed by atoms with Crippen molar-refractivity contribution in [1.29, 1.82) is 0 Å². The summed E-state index contributed by atoms with van der Waals surface area (Å²) in [6, 6.07) is 6.47. The van der Waals surface area contributed by atoms with Gasteiger partial charge in [-0.2, -0.15) is 0 Å². The molecule has 0 radical (unpaired) electrons. The molecule has 1 aliphatic heterocycles. The Labute approximate surface area is 126 Å². The van der Waals surface area contributed by atoms with E-state index in [2.05, 4.69) is 4.98 Å². The molecule has 7 heteroatoms. The van der Waals surface area contributed by atoms with Crippen LogP contribution in [-0.2, 0) is 4.79 Å². The molecule has 7 nitrogen and oxygen atoms in total. The highest BCUT2D eigenvalue weighted by Gasteiger charge is 2.41. The minimum absolute atomic E-state index is 0.0290. The number of carbonyl (C=O) groups is 1. The molecule has 1 atom stereocenters. The van der Waals surface area contributed by atoms with Gasteiger partial charge in [-0.05, 0) is 19.4 Å². The average Bonchev–Trinajstić information content (AvgIpc) is 2.89. The van der Waals surface area contributed by atoms with E-state index in [9.17, 15) is 20.0 Å². The average molecular weight is 301 g/mol. The molecule has 0 spiro atoms. The van der Waals surface area contributed by atoms with Gasteiger partial charge in [-0.15, -0.1) is 0 Å². The van der Waals surface area contributed by atoms with Crippen LogP contribution in [0.2, 0.25) is 0 Å². The van der Waals surface area contributed by atoms with E-state index >= 15 is 0 Å². The number of fused-ring (bicyclic) bond motifs is 1. The number of benzene rings is 1. The maximum atomic E-state index is 11.4. The molecule has 0 saturated carbocycles. The summed E-state index contributed by atoms with van der Waals surface area (Å²) in [5, 5.41) is 21.7. The first kappa shape index (κ1) is 14.2. The number of nitro benzene ring substituents is 1. The molecule has 114 valence electrons. The van der Waals surface area contributed by atoms with Crippen molar-refractivity contribution in [2.75, 3.05) is 18.0 Å². The lowest BCUT2D eigenvalue weighted by molar-refractivity contribution is -0.383. The molecule has 0 amide bonds. The van der Waals surface area contributed by atoms with E-state index in [4.69, 9.17) is 0 Å². The lowest BCUT2D eigenvalue weighted by Gasteiger charge is -2.22. The van der Waals surface area contributed by atoms with E-state index in [1.54, 1.807) is 25.1 Å². The number of non-ortho nitro benzene ring substituents is 1. The second kappa shape index (κ2) is 4.94. The fraction of sp³-hybridized carbons (Fsp3) is 0.333. The number of carboxylic acids is 1. The molecule has 1 unspecified atom stereocenters. The van der Waals surface area contributed by atoms with Crippen molar-refractivity contribution in [2.24, 2.45) is 5.41 Å². The highest BCUT2D eigenvalue weighted by atomic mass is 16.6. The Kier molecular flexibility index (Phi) is 3.20. The van der Waals surface area contributed by atoms with Crippen molar-refractivity contribution in [3.8, 4) is 0 Å². The van der Waals surface area contributed by atoms with Crippen LogP contribution in [0.1, 0.15) is 13.3 Å². The van der Waals surface area contributed by atoms with Gasteiger partial charge in [0.1, 0.15) is 5.82 Å². The molecule has 0 aliphatic carbocycles. The largest absolute Gasteiger partial charge is 0.481 e. The molecule has 1 saturated heterocycles. The number of aromatic nitrogens is 1. The topological polar surface area (TPSA) is 96.6 Å². The van der Waals surface area contributed by atoms with Crippen molar-refractivity contribution in [1.82, 2.24) is 4.98 Å². The lowest BCUT2D eigenvalue weighted by atomic mass is 9.90. The zero-order valence-electron chi connectivity index (χ0n) is 12.0. The second-order valence-electron chi connectivity index (χ2n) is 5.80. The fourth-order valence-corrected chi connectivity index (χ4v) is 2.90. The van der Waals surface area contributed by atoms with Gasteiger partial charge < -0.3 is 10.0 Å². The second-order valence-corrected chi connectivity index (χ2v) is 5.80. The van der Waals surface area contributed by atoms with Crippen LogP contribution in [0, 0.1) is 15.5 Å². The van der Waals surface area contributed by atoms with Gasteiger partial charge in [0.2, 0.25) is 0 Å². The highest BCUT2D eigenvalue weighted by Crippen LogP contribution is 2.37. The predicted molar refractivity (Wildman–Crippen MR) is 81.0 cm³/mol. The van der Waals surface area contributed by atoms with Gasteiger partial charge in [0, 0.05) is 30.7 Å². The third-order valence-electron chi connectivity index (χ3n) is 4.25. The first-order valence-corrected chi connectivity index (χ1v) is 6.93. The van der Waals surface area contributed by atoms with Crippen molar-refractivity contribution >= 4 is 28.2 Å². The van der Waals surface area contributed by atoms with Gasteiger partial charge in [0.15, 0.2) is 0 Å². The molecule has 1 N–H and O–H groups in total. The van der Waals surface area contributed by atoms with Gasteiger partial charge in [-0.3, -0.25) is 14.9 Å². The van der Waals surface area contributed by atoms with Crippen molar-refractivity contribution in [3.05, 3.63) is 40.6 Å². The number of hydrogen-bond acceptors (Lipinski definition) is 5. The Hall–Kier alpha value is -2.70. The number of hydrogen-bond donors (Lipinski definition) is 1. The number of anilines is 1. The molecule has 1 fully saturated rings. The number of nitro groups is 1. The van der Waals surface area contributed by atoms with Crippen LogP contribution in [-0.4, -0.2) is 34.1 Å². The highest BCUT2D eigenvalue weighted by molar-refractivity contribution is 5.98. The van der Waals surface area contributed by atoms with Crippen LogP contribution < -0.4 is 4.90 Å². The van der Waals surface area contributed by atoms with Gasteiger partial charge >= 0.3 is 5.97 Å². The maximum Gasteiger partial charge on any atom is 0.311 e. The van der Waals surface area contributed by atoms with Gasteiger partial charge in [0.05, 0.1) is 15.7 Å². The molecular weight excluding hydrogens is 286 g/mol. The van der Waals surface area contributed by atoms with Crippen LogP contribution in [0.15, 0.2) is 30.5 Å². The summed E-state index contributed by atoms with van der Waals surface area (Å²) in [5.41, 5.74) is -0.786. The Morgan fingerprint density at radius 3 is 2.82 bits per heavy atom. The molecular formula is C15H15N3O4. The molecule has 1 aromatic carbocycles. The maximum absolute atomic E-state index is 11.4. The summed E-state index contributed by atoms with van der Waals surface area (Å²) in [5.74, 6) is -0.229. The summed E-state index contributed by atoms with van der Waals surface area (Å²) in [6.45, 7) is 2.62. The Morgan fingerprint density at radius 2 is 2.18 bits per heavy atom. The van der Waals surface area contributed by atoms with E-state index in [0.717, 1.165) is 0 Å². The quantitative estimate of drug-likeness (QED) is 0.691. The Balaban J connectivity index is 2.08. The molecule has 1 aliphatic rings. The summed E-state index contributed by atoms with van der Waals surface area (Å²) >= 11 is 0. The van der Waals surface area contributed by atoms with Crippen LogP contribution in [0.4, 0.5) is 11.5 Å². The predicted octanol–water partition coefficient (Wildman–Crippen LogP) is 2.44. The van der Waals surface area contributed by atoms with Crippen molar-refractivity contribution in [2.45, 2.75) is 13.3 Å². The summed E-state index contributed by atoms with van der Waals surface area (Å²) < 4.78 is 0. The summed E-state index contributed by atoms with van der Waals surface area (Å²) in [7, 11) is 0. The zero-order chi connectivity index (χ0) is 15.9. The van der Waals surface area contributed by atoms with E-state index < -0.39 is 16.3 Å². The smallest absolute Gasteiger partial charge is 0.311 e. The van der Waals surface area contributed by atoms with Crippen molar-refractivity contribution < 1.29 is 14.8 Å². The van der Waals surface area contributed by atoms with Gasteiger partial charge in [-0.25, -0.2) is 4.98 Å². The number of carboxylic acid groups (broad SMARTS) is 1. The summed E-state index contributed by atoms with van der Waals surface area (Å²) in [6.07, 6.45) is 2.05. The third kappa shape index (κ3) is 2.14. The first-order valence-electron chi connectivity index (χ1n) is 6.93. The molecule has 2 heterocycles. The normalized spacial score (nSPS) is 21.2. The van der Waals surface area contributed by atoms with Crippen LogP contribution in [0.25, 0.3) is 10.8 Å². The van der Waals surface area contributed by atoms with Crippen LogP contribution in [0.3, 0.4) is 0 Å². The molecule has 22 heavy (non-hydrogen) atoms. The zero-order valence-corrected chi connectivity index (χ0v) is 12.0. The Bertz CT molecular complexity index is 776. The molecule has 2 aromatic rings. The van der Waals surface area contributed by atoms with E-state index in [-0.39, 0.29) is 5.69 Å². The number of nitrogens with zero attached hydrogens (tertiary/aromatic N) is 3. The SMILES string of the molecule is CC1(C(=O)O)CCN(c2nccc3c([N+](=O)[O-])cccc23)C1. The van der Waals surface area contributed by atoms with E-state index in [1.807, 2.05) is 4.90 Å². The van der Waals surface area contributed by atoms with Crippen molar-refractivity contribution in [3.63, 3.8) is 0 Å².